The Kier molecular flexibility index (Phi) is 12.3. The Bertz CT molecular complexity index is 712. The number of carboxylic acids is 1. The van der Waals surface area contributed by atoms with E-state index in [4.69, 9.17) is 9.90 Å². The molecule has 1 fully saturated rings. The van der Waals surface area contributed by atoms with Crippen LogP contribution in [0.1, 0.15) is 63.9 Å². The maximum absolute atomic E-state index is 12.2. The molecule has 0 aromatic heterocycles. The van der Waals surface area contributed by atoms with Gasteiger partial charge in [0.1, 0.15) is 5.97 Å². The number of amides is 2. The number of carbonyl (C=O) groups is 2. The molecule has 2 amide bonds. The van der Waals surface area contributed by atoms with Crippen LogP contribution in [0.2, 0.25) is 0 Å². The number of aryl methyl sites for hydroxylation is 1. The summed E-state index contributed by atoms with van der Waals surface area (Å²) in [6.45, 7) is 4.50. The predicted molar refractivity (Wildman–Crippen MR) is 122 cm³/mol. The van der Waals surface area contributed by atoms with Gasteiger partial charge in [0.05, 0.1) is 27.2 Å². The number of aliphatic carboxylic acids is 1. The number of alkyl halides is 3. The molecule has 0 unspecified atom stereocenters. The van der Waals surface area contributed by atoms with Crippen molar-refractivity contribution in [3.05, 3.63) is 29.8 Å². The molecule has 1 saturated heterocycles. The Morgan fingerprint density at radius 1 is 1.00 bits per heavy atom. The first-order chi connectivity index (χ1) is 15.4. The van der Waals surface area contributed by atoms with Crippen molar-refractivity contribution in [3.63, 3.8) is 0 Å². The maximum atomic E-state index is 12.2. The number of nitrogens with zero attached hydrogens (tertiary/aromatic N) is 1. The molecule has 2 rings (SSSR count). The molecule has 0 saturated carbocycles. The third-order valence-electron chi connectivity index (χ3n) is 5.76. The van der Waals surface area contributed by atoms with E-state index in [-0.39, 0.29) is 6.03 Å². The summed E-state index contributed by atoms with van der Waals surface area (Å²) in [4.78, 5) is 21.0. The zero-order valence-electron chi connectivity index (χ0n) is 20.0. The lowest BCUT2D eigenvalue weighted by Crippen LogP contribution is -2.52. The second-order valence-electron chi connectivity index (χ2n) is 9.26. The van der Waals surface area contributed by atoms with Crippen molar-refractivity contribution < 1.29 is 32.3 Å². The summed E-state index contributed by atoms with van der Waals surface area (Å²) in [5, 5.41) is 14.9. The lowest BCUT2D eigenvalue weighted by atomic mass is 10.0. The third kappa shape index (κ3) is 13.1. The molecule has 9 heteroatoms. The Morgan fingerprint density at radius 2 is 1.52 bits per heavy atom. The van der Waals surface area contributed by atoms with Gasteiger partial charge in [0.25, 0.3) is 0 Å². The van der Waals surface area contributed by atoms with Crippen LogP contribution in [0.3, 0.4) is 0 Å². The van der Waals surface area contributed by atoms with Crippen molar-refractivity contribution in [1.82, 2.24) is 5.32 Å². The molecule has 0 atom stereocenters. The number of likely N-dealkylation sites (tertiary alicyclic amines) is 1. The number of carboxylic acid groups (broad SMARTS) is 1. The topological polar surface area (TPSA) is 81.3 Å². The van der Waals surface area contributed by atoms with Crippen molar-refractivity contribution >= 4 is 17.7 Å². The fourth-order valence-electron chi connectivity index (χ4n) is 3.63. The van der Waals surface area contributed by atoms with Gasteiger partial charge in [-0.3, -0.25) is 0 Å². The van der Waals surface area contributed by atoms with Crippen molar-refractivity contribution in [2.75, 3.05) is 32.5 Å². The average molecular weight is 474 g/mol. The molecular formula is C24H38F3N3O3. The van der Waals surface area contributed by atoms with Crippen LogP contribution in [0.4, 0.5) is 23.7 Å². The highest BCUT2D eigenvalue weighted by Crippen LogP contribution is 2.16. The highest BCUT2D eigenvalue weighted by Gasteiger charge is 2.29. The number of urea groups is 1. The second-order valence-corrected chi connectivity index (χ2v) is 9.26. The zero-order valence-corrected chi connectivity index (χ0v) is 20.0. The molecule has 0 spiro atoms. The van der Waals surface area contributed by atoms with Gasteiger partial charge in [0.15, 0.2) is 0 Å². The molecule has 1 aromatic carbocycles. The van der Waals surface area contributed by atoms with Crippen LogP contribution in [-0.4, -0.2) is 55.9 Å². The molecule has 0 aliphatic carbocycles. The van der Waals surface area contributed by atoms with E-state index in [2.05, 4.69) is 43.8 Å². The summed E-state index contributed by atoms with van der Waals surface area (Å²) < 4.78 is 32.6. The van der Waals surface area contributed by atoms with E-state index >= 15 is 0 Å². The number of nitrogens with one attached hydrogen (secondary N) is 2. The summed E-state index contributed by atoms with van der Waals surface area (Å²) >= 11 is 0. The summed E-state index contributed by atoms with van der Waals surface area (Å²) in [6, 6.07) is 8.54. The molecule has 1 aromatic rings. The Balaban J connectivity index is 0.000000675. The number of piperidine rings is 1. The van der Waals surface area contributed by atoms with Gasteiger partial charge in [0, 0.05) is 24.6 Å². The molecule has 2 N–H and O–H groups in total. The smallest absolute Gasteiger partial charge is 0.430 e. The van der Waals surface area contributed by atoms with E-state index in [1.807, 2.05) is 12.1 Å². The Hall–Kier alpha value is -2.29. The van der Waals surface area contributed by atoms with Crippen LogP contribution in [0.15, 0.2) is 24.3 Å². The van der Waals surface area contributed by atoms with E-state index in [1.165, 1.54) is 44.1 Å². The minimum absolute atomic E-state index is 0.0779. The van der Waals surface area contributed by atoms with Crippen LogP contribution >= 0.6 is 0 Å². The fourth-order valence-corrected chi connectivity index (χ4v) is 3.63. The summed E-state index contributed by atoms with van der Waals surface area (Å²) in [7, 11) is 4.51. The first-order valence-corrected chi connectivity index (χ1v) is 11.7. The predicted octanol–water partition coefficient (Wildman–Crippen LogP) is 4.25. The monoisotopic (exact) mass is 473 g/mol. The lowest BCUT2D eigenvalue weighted by Gasteiger charge is -2.37. The summed E-state index contributed by atoms with van der Waals surface area (Å²) in [5.74, 6) is -3.01. The average Bonchev–Trinajstić information content (AvgIpc) is 2.73. The van der Waals surface area contributed by atoms with Crippen LogP contribution in [0.5, 0.6) is 0 Å². The van der Waals surface area contributed by atoms with Crippen LogP contribution in [-0.2, 0) is 11.2 Å². The van der Waals surface area contributed by atoms with Gasteiger partial charge in [-0.2, -0.15) is 13.2 Å². The number of hydrogen-bond acceptors (Lipinski definition) is 3. The van der Waals surface area contributed by atoms with E-state index in [1.54, 1.807) is 0 Å². The van der Waals surface area contributed by atoms with Gasteiger partial charge < -0.3 is 25.0 Å². The highest BCUT2D eigenvalue weighted by atomic mass is 19.4. The zero-order chi connectivity index (χ0) is 24.9. The van der Waals surface area contributed by atoms with E-state index in [0.717, 1.165) is 42.5 Å². The standard InChI is InChI=1S/C22H37N3O.C2HF3O2/c1-4-5-6-7-8-9-10-19-11-13-20(14-12-19)23-22(26)24-21-15-17-25(2,3)18-16-21;3-2(4,5)1(6)7/h11-14,21H,4-10,15-18H2,1-3H3,(H-,23,24,26);(H,6,7). The number of carbonyl (C=O) groups excluding carboxylic acids is 2. The highest BCUT2D eigenvalue weighted by molar-refractivity contribution is 5.89. The number of hydrogen-bond donors (Lipinski definition) is 2. The largest absolute Gasteiger partial charge is 0.542 e. The molecule has 0 radical (unpaired) electrons. The fraction of sp³-hybridized carbons (Fsp3) is 0.667. The number of unbranched alkanes of at least 4 members (excludes halogenated alkanes) is 5. The van der Waals surface area contributed by atoms with Crippen molar-refractivity contribution in [1.29, 1.82) is 0 Å². The third-order valence-corrected chi connectivity index (χ3v) is 5.76. The Morgan fingerprint density at radius 3 is 2.03 bits per heavy atom. The molecule has 0 bridgehead atoms. The molecule has 1 heterocycles. The van der Waals surface area contributed by atoms with Gasteiger partial charge in [-0.05, 0) is 30.5 Å². The number of anilines is 1. The van der Waals surface area contributed by atoms with Gasteiger partial charge >= 0.3 is 12.2 Å². The number of rotatable bonds is 9. The summed E-state index contributed by atoms with van der Waals surface area (Å²) in [5.41, 5.74) is 2.24. The van der Waals surface area contributed by atoms with Gasteiger partial charge in [-0.1, -0.05) is 51.2 Å². The van der Waals surface area contributed by atoms with E-state index in [9.17, 15) is 18.0 Å². The number of quaternary nitrogens is 1. The van der Waals surface area contributed by atoms with Crippen LogP contribution < -0.4 is 15.7 Å². The van der Waals surface area contributed by atoms with Gasteiger partial charge in [-0.25, -0.2) is 4.79 Å². The SMILES string of the molecule is CCCCCCCCc1ccc(NC(=O)NC2CC[N+](C)(C)CC2)cc1.O=C([O-])C(F)(F)F. The molecule has 188 valence electrons. The first-order valence-electron chi connectivity index (χ1n) is 11.7. The quantitative estimate of drug-likeness (QED) is 0.416. The second kappa shape index (κ2) is 14.1. The van der Waals surface area contributed by atoms with Crippen molar-refractivity contribution in [3.8, 4) is 0 Å². The molecular weight excluding hydrogens is 435 g/mol. The Labute approximate surface area is 195 Å². The molecule has 6 nitrogen and oxygen atoms in total. The maximum Gasteiger partial charge on any atom is 0.430 e. The van der Waals surface area contributed by atoms with Crippen molar-refractivity contribution in [2.45, 2.75) is 76.9 Å². The first kappa shape index (κ1) is 28.7. The molecule has 1 aliphatic heterocycles. The molecule has 33 heavy (non-hydrogen) atoms. The summed E-state index contributed by atoms with van der Waals surface area (Å²) in [6.07, 6.45) is 6.01. The van der Waals surface area contributed by atoms with Gasteiger partial charge in [-0.15, -0.1) is 0 Å². The molecule has 1 aliphatic rings. The lowest BCUT2D eigenvalue weighted by molar-refractivity contribution is -0.895. The minimum atomic E-state index is -5.19. The van der Waals surface area contributed by atoms with Crippen molar-refractivity contribution in [2.24, 2.45) is 0 Å². The number of benzene rings is 1. The van der Waals surface area contributed by atoms with Crippen LogP contribution in [0.25, 0.3) is 0 Å². The number of halogens is 3. The van der Waals surface area contributed by atoms with E-state index < -0.39 is 12.1 Å². The van der Waals surface area contributed by atoms with Gasteiger partial charge in [0.2, 0.25) is 0 Å². The van der Waals surface area contributed by atoms with Crippen LogP contribution in [0, 0.1) is 0 Å². The van der Waals surface area contributed by atoms with E-state index in [0.29, 0.717) is 6.04 Å². The normalized spacial score (nSPS) is 15.8. The minimum Gasteiger partial charge on any atom is -0.542 e.